The highest BCUT2D eigenvalue weighted by Crippen LogP contribution is 2.27. The number of hydrogen-bond donors (Lipinski definition) is 0. The molecule has 0 spiro atoms. The number of amides is 1. The van der Waals surface area contributed by atoms with Crippen LogP contribution in [0.2, 0.25) is 0 Å². The number of carbonyl (C=O) groups excluding carboxylic acids is 1. The highest BCUT2D eigenvalue weighted by Gasteiger charge is 2.16. The molecular weight excluding hydrogens is 332 g/mol. The van der Waals surface area contributed by atoms with Gasteiger partial charge in [-0.05, 0) is 24.6 Å². The van der Waals surface area contributed by atoms with E-state index in [-0.39, 0.29) is 5.91 Å². The van der Waals surface area contributed by atoms with Crippen LogP contribution in [0.3, 0.4) is 0 Å². The summed E-state index contributed by atoms with van der Waals surface area (Å²) in [5.41, 5.74) is 2.53. The Kier molecular flexibility index (Phi) is 5.46. The van der Waals surface area contributed by atoms with Crippen molar-refractivity contribution in [2.24, 2.45) is 0 Å². The number of nitrogens with zero attached hydrogens (tertiary/aromatic N) is 2. The fourth-order valence-electron chi connectivity index (χ4n) is 2.51. The second kappa shape index (κ2) is 7.94. The zero-order valence-corrected chi connectivity index (χ0v) is 15.1. The minimum Gasteiger partial charge on any atom is -0.494 e. The number of ether oxygens (including phenoxy) is 1. The highest BCUT2D eigenvalue weighted by molar-refractivity contribution is 7.13. The number of aromatic nitrogens is 1. The van der Waals surface area contributed by atoms with Crippen LogP contribution in [-0.2, 0) is 6.54 Å². The minimum atomic E-state index is -0.0766. The maximum absolute atomic E-state index is 12.6. The van der Waals surface area contributed by atoms with E-state index in [1.54, 1.807) is 11.9 Å². The molecule has 0 aliphatic rings. The van der Waals surface area contributed by atoms with E-state index in [4.69, 9.17) is 4.74 Å². The fourth-order valence-corrected chi connectivity index (χ4v) is 3.31. The van der Waals surface area contributed by atoms with Crippen molar-refractivity contribution in [2.45, 2.75) is 13.5 Å². The summed E-state index contributed by atoms with van der Waals surface area (Å²) in [6.45, 7) is 3.14. The Balaban J connectivity index is 1.74. The van der Waals surface area contributed by atoms with E-state index in [9.17, 15) is 4.79 Å². The molecule has 0 N–H and O–H groups in total. The monoisotopic (exact) mass is 352 g/mol. The van der Waals surface area contributed by atoms with Gasteiger partial charge in [0.1, 0.15) is 16.5 Å². The van der Waals surface area contributed by atoms with Crippen molar-refractivity contribution < 1.29 is 9.53 Å². The van der Waals surface area contributed by atoms with Crippen LogP contribution < -0.4 is 4.74 Å². The predicted molar refractivity (Wildman–Crippen MR) is 101 cm³/mol. The van der Waals surface area contributed by atoms with Gasteiger partial charge in [-0.25, -0.2) is 4.98 Å². The van der Waals surface area contributed by atoms with Gasteiger partial charge in [0.15, 0.2) is 0 Å². The molecule has 0 radical (unpaired) electrons. The molecule has 0 fully saturated rings. The van der Waals surface area contributed by atoms with Crippen LogP contribution >= 0.6 is 11.3 Å². The average Bonchev–Trinajstić information content (AvgIpc) is 3.12. The second-order valence-corrected chi connectivity index (χ2v) is 6.50. The summed E-state index contributed by atoms with van der Waals surface area (Å²) in [7, 11) is 1.80. The standard InChI is InChI=1S/C20H20N2O2S/c1-3-24-17-11-7-10-16(12-17)19-21-18(14-25-19)20(23)22(2)13-15-8-5-4-6-9-15/h4-12,14H,3,13H2,1-2H3. The summed E-state index contributed by atoms with van der Waals surface area (Å²) in [6, 6.07) is 17.7. The third-order valence-corrected chi connectivity index (χ3v) is 4.62. The Bertz CT molecular complexity index is 846. The Morgan fingerprint density at radius 1 is 1.16 bits per heavy atom. The maximum Gasteiger partial charge on any atom is 0.273 e. The lowest BCUT2D eigenvalue weighted by Crippen LogP contribution is -2.26. The van der Waals surface area contributed by atoms with Crippen molar-refractivity contribution in [1.82, 2.24) is 9.88 Å². The van der Waals surface area contributed by atoms with Crippen molar-refractivity contribution in [3.63, 3.8) is 0 Å². The van der Waals surface area contributed by atoms with E-state index in [0.717, 1.165) is 21.9 Å². The molecule has 25 heavy (non-hydrogen) atoms. The first-order valence-corrected chi connectivity index (χ1v) is 9.03. The van der Waals surface area contributed by atoms with Crippen LogP contribution in [0.25, 0.3) is 10.6 Å². The minimum absolute atomic E-state index is 0.0766. The van der Waals surface area contributed by atoms with Crippen molar-refractivity contribution in [2.75, 3.05) is 13.7 Å². The summed E-state index contributed by atoms with van der Waals surface area (Å²) in [5, 5.41) is 2.63. The van der Waals surface area contributed by atoms with Gasteiger partial charge in [0, 0.05) is 24.5 Å². The molecule has 0 atom stereocenters. The molecule has 0 aliphatic carbocycles. The van der Waals surface area contributed by atoms with Crippen molar-refractivity contribution in [3.05, 3.63) is 71.2 Å². The molecule has 128 valence electrons. The van der Waals surface area contributed by atoms with E-state index in [1.165, 1.54) is 11.3 Å². The molecule has 1 heterocycles. The van der Waals surface area contributed by atoms with E-state index < -0.39 is 0 Å². The SMILES string of the molecule is CCOc1cccc(-c2nc(C(=O)N(C)Cc3ccccc3)cs2)c1. The molecule has 0 saturated heterocycles. The zero-order chi connectivity index (χ0) is 17.6. The zero-order valence-electron chi connectivity index (χ0n) is 14.3. The Labute approximate surface area is 151 Å². The molecule has 0 saturated carbocycles. The average molecular weight is 352 g/mol. The Morgan fingerprint density at radius 2 is 1.96 bits per heavy atom. The van der Waals surface area contributed by atoms with Crippen LogP contribution in [0.15, 0.2) is 60.0 Å². The number of rotatable bonds is 6. The normalized spacial score (nSPS) is 10.5. The number of hydrogen-bond acceptors (Lipinski definition) is 4. The first-order valence-electron chi connectivity index (χ1n) is 8.15. The molecule has 0 bridgehead atoms. The number of carbonyl (C=O) groups is 1. The molecule has 1 amide bonds. The topological polar surface area (TPSA) is 42.4 Å². The molecule has 1 aromatic heterocycles. The molecule has 5 heteroatoms. The Morgan fingerprint density at radius 3 is 2.72 bits per heavy atom. The van der Waals surface area contributed by atoms with Crippen LogP contribution in [-0.4, -0.2) is 29.4 Å². The van der Waals surface area contributed by atoms with E-state index in [2.05, 4.69) is 4.98 Å². The number of benzene rings is 2. The molecule has 2 aromatic carbocycles. The molecule has 0 unspecified atom stereocenters. The lowest BCUT2D eigenvalue weighted by Gasteiger charge is -2.15. The summed E-state index contributed by atoms with van der Waals surface area (Å²) >= 11 is 1.47. The van der Waals surface area contributed by atoms with E-state index in [0.29, 0.717) is 18.8 Å². The molecule has 3 aromatic rings. The lowest BCUT2D eigenvalue weighted by atomic mass is 10.2. The van der Waals surface area contributed by atoms with Gasteiger partial charge in [-0.15, -0.1) is 11.3 Å². The third-order valence-electron chi connectivity index (χ3n) is 3.72. The van der Waals surface area contributed by atoms with Gasteiger partial charge >= 0.3 is 0 Å². The first-order chi connectivity index (χ1) is 12.2. The maximum atomic E-state index is 12.6. The van der Waals surface area contributed by atoms with Crippen molar-refractivity contribution >= 4 is 17.2 Å². The van der Waals surface area contributed by atoms with Crippen LogP contribution in [0.4, 0.5) is 0 Å². The molecule has 3 rings (SSSR count). The van der Waals surface area contributed by atoms with Crippen molar-refractivity contribution in [3.8, 4) is 16.3 Å². The van der Waals surface area contributed by atoms with Gasteiger partial charge in [0.05, 0.1) is 6.61 Å². The fraction of sp³-hybridized carbons (Fsp3) is 0.200. The van der Waals surface area contributed by atoms with Gasteiger partial charge in [-0.3, -0.25) is 4.79 Å². The third kappa shape index (κ3) is 4.25. The van der Waals surface area contributed by atoms with Crippen LogP contribution in [0, 0.1) is 0 Å². The van der Waals surface area contributed by atoms with Crippen molar-refractivity contribution in [1.29, 1.82) is 0 Å². The highest BCUT2D eigenvalue weighted by atomic mass is 32.1. The molecule has 4 nitrogen and oxygen atoms in total. The summed E-state index contributed by atoms with van der Waals surface area (Å²) in [6.07, 6.45) is 0. The van der Waals surface area contributed by atoms with Gasteiger partial charge < -0.3 is 9.64 Å². The van der Waals surface area contributed by atoms with E-state index >= 15 is 0 Å². The smallest absolute Gasteiger partial charge is 0.273 e. The van der Waals surface area contributed by atoms with Gasteiger partial charge in [0.25, 0.3) is 5.91 Å². The van der Waals surface area contributed by atoms with Gasteiger partial charge in [0.2, 0.25) is 0 Å². The lowest BCUT2D eigenvalue weighted by molar-refractivity contribution is 0.0780. The number of thiazole rings is 1. The van der Waals surface area contributed by atoms with Gasteiger partial charge in [-0.2, -0.15) is 0 Å². The quantitative estimate of drug-likeness (QED) is 0.657. The van der Waals surface area contributed by atoms with Crippen LogP contribution in [0.5, 0.6) is 5.75 Å². The largest absolute Gasteiger partial charge is 0.494 e. The summed E-state index contributed by atoms with van der Waals surface area (Å²) < 4.78 is 5.53. The Hall–Kier alpha value is -2.66. The van der Waals surface area contributed by atoms with Gasteiger partial charge in [-0.1, -0.05) is 42.5 Å². The second-order valence-electron chi connectivity index (χ2n) is 5.65. The van der Waals surface area contributed by atoms with Crippen LogP contribution in [0.1, 0.15) is 23.0 Å². The first kappa shape index (κ1) is 17.2. The van der Waals surface area contributed by atoms with E-state index in [1.807, 2.05) is 66.9 Å². The summed E-state index contributed by atoms with van der Waals surface area (Å²) in [5.74, 6) is 0.733. The molecule has 0 aliphatic heterocycles. The predicted octanol–water partition coefficient (Wildman–Crippen LogP) is 4.48. The summed E-state index contributed by atoms with van der Waals surface area (Å²) in [4.78, 5) is 18.8. The molecular formula is C20H20N2O2S.